The zero-order valence-corrected chi connectivity index (χ0v) is 22.8. The Morgan fingerprint density at radius 3 is 2.21 bits per heavy atom. The summed E-state index contributed by atoms with van der Waals surface area (Å²) >= 11 is 0. The molecule has 3 aromatic rings. The Labute approximate surface area is 226 Å². The zero-order valence-electron chi connectivity index (χ0n) is 22.8. The van der Waals surface area contributed by atoms with Gasteiger partial charge in [0.25, 0.3) is 5.91 Å². The quantitative estimate of drug-likeness (QED) is 0.335. The average molecular weight is 513 g/mol. The maximum absolute atomic E-state index is 15.5. The van der Waals surface area contributed by atoms with Crippen molar-refractivity contribution in [2.24, 2.45) is 0 Å². The second-order valence-electron chi connectivity index (χ2n) is 10.6. The van der Waals surface area contributed by atoms with Crippen LogP contribution >= 0.6 is 0 Å². The van der Waals surface area contributed by atoms with Gasteiger partial charge in [0.2, 0.25) is 0 Å². The first-order valence-corrected chi connectivity index (χ1v) is 13.5. The van der Waals surface area contributed by atoms with Crippen molar-refractivity contribution < 1.29 is 9.18 Å². The summed E-state index contributed by atoms with van der Waals surface area (Å²) in [6, 6.07) is 24.5. The Hall–Kier alpha value is -3.69. The van der Waals surface area contributed by atoms with Crippen LogP contribution < -0.4 is 4.90 Å². The van der Waals surface area contributed by atoms with E-state index in [9.17, 15) is 10.1 Å². The lowest BCUT2D eigenvalue weighted by molar-refractivity contribution is 0.0644. The summed E-state index contributed by atoms with van der Waals surface area (Å²) in [6.07, 6.45) is 1.62. The molecule has 0 radical (unpaired) electrons. The average Bonchev–Trinajstić information content (AvgIpc) is 2.91. The lowest BCUT2D eigenvalue weighted by Gasteiger charge is -2.41. The molecule has 0 bridgehead atoms. The van der Waals surface area contributed by atoms with Crippen LogP contribution in [0, 0.1) is 17.1 Å². The molecule has 6 heteroatoms. The Morgan fingerprint density at radius 2 is 1.58 bits per heavy atom. The summed E-state index contributed by atoms with van der Waals surface area (Å²) in [6.45, 7) is 10.6. The molecule has 38 heavy (non-hydrogen) atoms. The van der Waals surface area contributed by atoms with Crippen LogP contribution in [0.25, 0.3) is 0 Å². The molecule has 1 heterocycles. The van der Waals surface area contributed by atoms with Gasteiger partial charge in [0, 0.05) is 37.8 Å². The summed E-state index contributed by atoms with van der Waals surface area (Å²) in [5, 5.41) is 9.57. The Balaban J connectivity index is 1.72. The molecule has 1 saturated heterocycles. The van der Waals surface area contributed by atoms with Gasteiger partial charge in [-0.05, 0) is 76.4 Å². The fourth-order valence-electron chi connectivity index (χ4n) is 5.54. The van der Waals surface area contributed by atoms with Crippen molar-refractivity contribution in [1.82, 2.24) is 9.80 Å². The highest BCUT2D eigenvalue weighted by molar-refractivity contribution is 6.01. The maximum atomic E-state index is 15.5. The minimum atomic E-state index is -0.400. The van der Waals surface area contributed by atoms with Gasteiger partial charge in [-0.25, -0.2) is 4.39 Å². The molecule has 0 atom stereocenters. The first kappa shape index (κ1) is 27.3. The molecule has 0 N–H and O–H groups in total. The standard InChI is InChI=1S/C32H37FN4O/c1-23(2)36(24(3)4)32(38)28-12-8-9-13-30(28)37(31-20-26(21-34)14-15-29(31)33)27-16-18-35(19-17-27)22-25-10-6-5-7-11-25/h5-15,20,23-24,27H,16-19,22H2,1-4H3. The molecule has 3 aromatic carbocycles. The van der Waals surface area contributed by atoms with Crippen LogP contribution in [-0.4, -0.2) is 46.9 Å². The highest BCUT2D eigenvalue weighted by Gasteiger charge is 2.32. The summed E-state index contributed by atoms with van der Waals surface area (Å²) in [5.41, 5.74) is 3.23. The molecule has 1 amide bonds. The molecule has 198 valence electrons. The van der Waals surface area contributed by atoms with E-state index in [-0.39, 0.29) is 24.0 Å². The van der Waals surface area contributed by atoms with E-state index in [1.54, 1.807) is 6.07 Å². The van der Waals surface area contributed by atoms with Crippen molar-refractivity contribution in [2.75, 3.05) is 18.0 Å². The Kier molecular flexibility index (Phi) is 8.81. The van der Waals surface area contributed by atoms with Crippen molar-refractivity contribution in [1.29, 1.82) is 5.26 Å². The molecule has 1 aliphatic heterocycles. The van der Waals surface area contributed by atoms with Crippen LogP contribution in [-0.2, 0) is 6.54 Å². The number of rotatable bonds is 8. The first-order valence-electron chi connectivity index (χ1n) is 13.5. The molecule has 0 spiro atoms. The lowest BCUT2D eigenvalue weighted by Crippen LogP contribution is -2.45. The molecular weight excluding hydrogens is 475 g/mol. The summed E-state index contributed by atoms with van der Waals surface area (Å²) in [4.78, 5) is 20.1. The highest BCUT2D eigenvalue weighted by Crippen LogP contribution is 2.37. The number of piperidine rings is 1. The number of amides is 1. The monoisotopic (exact) mass is 512 g/mol. The van der Waals surface area contributed by atoms with Crippen LogP contribution in [0.15, 0.2) is 72.8 Å². The number of benzene rings is 3. The van der Waals surface area contributed by atoms with Crippen molar-refractivity contribution in [3.63, 3.8) is 0 Å². The van der Waals surface area contributed by atoms with Crippen LogP contribution in [0.5, 0.6) is 0 Å². The third-order valence-corrected chi connectivity index (χ3v) is 7.25. The lowest BCUT2D eigenvalue weighted by atomic mass is 9.98. The highest BCUT2D eigenvalue weighted by atomic mass is 19.1. The van der Waals surface area contributed by atoms with Crippen molar-refractivity contribution >= 4 is 17.3 Å². The minimum absolute atomic E-state index is 0.0175. The summed E-state index contributed by atoms with van der Waals surface area (Å²) in [5.74, 6) is -0.475. The van der Waals surface area contributed by atoms with Gasteiger partial charge in [-0.3, -0.25) is 9.69 Å². The number of hydrogen-bond donors (Lipinski definition) is 0. The number of nitriles is 1. The fourth-order valence-corrected chi connectivity index (χ4v) is 5.54. The van der Waals surface area contributed by atoms with Gasteiger partial charge >= 0.3 is 0 Å². The molecule has 0 aliphatic carbocycles. The van der Waals surface area contributed by atoms with Gasteiger partial charge in [0.05, 0.1) is 28.6 Å². The normalized spacial score (nSPS) is 14.5. The third-order valence-electron chi connectivity index (χ3n) is 7.25. The second-order valence-corrected chi connectivity index (χ2v) is 10.6. The molecule has 1 aliphatic rings. The van der Waals surface area contributed by atoms with E-state index in [0.717, 1.165) is 32.5 Å². The smallest absolute Gasteiger partial charge is 0.256 e. The van der Waals surface area contributed by atoms with Gasteiger partial charge in [-0.1, -0.05) is 42.5 Å². The molecule has 4 rings (SSSR count). The van der Waals surface area contributed by atoms with E-state index in [4.69, 9.17) is 0 Å². The molecule has 0 unspecified atom stereocenters. The van der Waals surface area contributed by atoms with Crippen LogP contribution in [0.4, 0.5) is 15.8 Å². The fraction of sp³-hybridized carbons (Fsp3) is 0.375. The number of anilines is 2. The van der Waals surface area contributed by atoms with E-state index in [0.29, 0.717) is 22.5 Å². The second kappa shape index (κ2) is 12.2. The predicted molar refractivity (Wildman–Crippen MR) is 151 cm³/mol. The number of carbonyl (C=O) groups excluding carboxylic acids is 1. The van der Waals surface area contributed by atoms with Gasteiger partial charge < -0.3 is 9.80 Å². The molecule has 5 nitrogen and oxygen atoms in total. The van der Waals surface area contributed by atoms with Crippen LogP contribution in [0.1, 0.15) is 62.0 Å². The largest absolute Gasteiger partial charge is 0.335 e. The topological polar surface area (TPSA) is 50.6 Å². The van der Waals surface area contributed by atoms with Crippen molar-refractivity contribution in [3.8, 4) is 6.07 Å². The predicted octanol–water partition coefficient (Wildman–Crippen LogP) is 6.76. The summed E-state index contributed by atoms with van der Waals surface area (Å²) < 4.78 is 15.5. The van der Waals surface area contributed by atoms with Gasteiger partial charge in [0.15, 0.2) is 0 Å². The van der Waals surface area contributed by atoms with Gasteiger partial charge in [-0.2, -0.15) is 5.26 Å². The van der Waals surface area contributed by atoms with Crippen LogP contribution in [0.2, 0.25) is 0 Å². The Morgan fingerprint density at radius 1 is 0.947 bits per heavy atom. The molecule has 1 fully saturated rings. The number of para-hydroxylation sites is 1. The van der Waals surface area contributed by atoms with Crippen LogP contribution in [0.3, 0.4) is 0 Å². The van der Waals surface area contributed by atoms with Crippen molar-refractivity contribution in [2.45, 2.75) is 65.2 Å². The number of likely N-dealkylation sites (tertiary alicyclic amines) is 1. The molecular formula is C32H37FN4O. The minimum Gasteiger partial charge on any atom is -0.335 e. The van der Waals surface area contributed by atoms with E-state index in [1.807, 2.05) is 67.8 Å². The molecule has 0 saturated carbocycles. The van der Waals surface area contributed by atoms with Gasteiger partial charge in [-0.15, -0.1) is 0 Å². The number of hydrogen-bond acceptors (Lipinski definition) is 4. The van der Waals surface area contributed by atoms with E-state index >= 15 is 4.39 Å². The van der Waals surface area contributed by atoms with E-state index < -0.39 is 5.82 Å². The number of halogens is 1. The Bertz CT molecular complexity index is 1270. The number of carbonyl (C=O) groups is 1. The third kappa shape index (κ3) is 6.06. The first-order chi connectivity index (χ1) is 18.3. The van der Waals surface area contributed by atoms with E-state index in [1.165, 1.54) is 17.7 Å². The van der Waals surface area contributed by atoms with Crippen molar-refractivity contribution in [3.05, 3.63) is 95.3 Å². The maximum Gasteiger partial charge on any atom is 0.256 e. The summed E-state index contributed by atoms with van der Waals surface area (Å²) in [7, 11) is 0. The number of nitrogens with zero attached hydrogens (tertiary/aromatic N) is 4. The molecule has 0 aromatic heterocycles. The van der Waals surface area contributed by atoms with E-state index in [2.05, 4.69) is 35.2 Å². The zero-order chi connectivity index (χ0) is 27.2. The van der Waals surface area contributed by atoms with Gasteiger partial charge in [0.1, 0.15) is 5.82 Å². The SMILES string of the molecule is CC(C)N(C(=O)c1ccccc1N(c1cc(C#N)ccc1F)C1CCN(Cc2ccccc2)CC1)C(C)C.